The molecule has 0 radical (unpaired) electrons. The Hall–Kier alpha value is -1.79. The van der Waals surface area contributed by atoms with E-state index in [0.29, 0.717) is 31.8 Å². The quantitative estimate of drug-likeness (QED) is 0.756. The molecule has 2 atom stereocenters. The van der Waals surface area contributed by atoms with Gasteiger partial charge in [0.1, 0.15) is 19.0 Å². The molecule has 0 aromatic heterocycles. The van der Waals surface area contributed by atoms with Crippen LogP contribution >= 0.6 is 0 Å². The number of carbonyl (C=O) groups excluding carboxylic acids is 1. The van der Waals surface area contributed by atoms with Crippen LogP contribution in [0.25, 0.3) is 0 Å². The van der Waals surface area contributed by atoms with Gasteiger partial charge >= 0.3 is 0 Å². The number of hydrogen-bond donors (Lipinski definition) is 0. The van der Waals surface area contributed by atoms with Gasteiger partial charge in [-0.1, -0.05) is 0 Å². The van der Waals surface area contributed by atoms with Gasteiger partial charge in [-0.3, -0.25) is 9.69 Å². The lowest BCUT2D eigenvalue weighted by Gasteiger charge is -2.53. The largest absolute Gasteiger partial charge is 0.485 e. The average Bonchev–Trinajstić information content (AvgIpc) is 3.06. The molecule has 6 nitrogen and oxygen atoms in total. The summed E-state index contributed by atoms with van der Waals surface area (Å²) in [6.07, 6.45) is 9.04. The van der Waals surface area contributed by atoms with Crippen LogP contribution in [0.4, 0.5) is 0 Å². The number of nitrogens with zero attached hydrogens (tertiary/aromatic N) is 3. The number of allylic oxidation sites excluding steroid dienone is 1. The number of rotatable bonds is 2. The second-order valence-electron chi connectivity index (χ2n) is 7.61. The molecule has 6 rings (SSSR count). The predicted octanol–water partition coefficient (Wildman–Crippen LogP) is 1.28. The third kappa shape index (κ3) is 2.42. The summed E-state index contributed by atoms with van der Waals surface area (Å²) in [6, 6.07) is 1.09. The van der Waals surface area contributed by atoms with Crippen LogP contribution in [-0.4, -0.2) is 72.1 Å². The fourth-order valence-corrected chi connectivity index (χ4v) is 5.05. The maximum absolute atomic E-state index is 12.1. The molecule has 134 valence electrons. The highest BCUT2D eigenvalue weighted by Gasteiger charge is 2.43. The minimum absolute atomic E-state index is 0.0282. The molecule has 2 bridgehead atoms. The van der Waals surface area contributed by atoms with E-state index in [0.717, 1.165) is 22.9 Å². The zero-order valence-electron chi connectivity index (χ0n) is 14.7. The summed E-state index contributed by atoms with van der Waals surface area (Å²) in [5.41, 5.74) is 2.04. The minimum atomic E-state index is 0.0282. The van der Waals surface area contributed by atoms with Gasteiger partial charge in [0.25, 0.3) is 5.91 Å². The standard InChI is InChI=1S/C19H25N3O3/c1-13-19(14-2-5-20(13)6-3-14)21-7-4-15-16(11-25-17(15)10-21)22-8-9-24-12-18(22)23/h4,7,10,13-14,19H,2-3,5-6,8-9,11-12H2,1H3/t13-,19-/m0/s1. The van der Waals surface area contributed by atoms with Crippen LogP contribution in [0.2, 0.25) is 0 Å². The highest BCUT2D eigenvalue weighted by atomic mass is 16.5. The van der Waals surface area contributed by atoms with Gasteiger partial charge in [0.05, 0.1) is 18.3 Å². The Kier molecular flexibility index (Phi) is 3.64. The van der Waals surface area contributed by atoms with Gasteiger partial charge in [-0.25, -0.2) is 0 Å². The van der Waals surface area contributed by atoms with Gasteiger partial charge in [0.2, 0.25) is 0 Å². The molecular formula is C19H25N3O3. The Morgan fingerprint density at radius 2 is 2.00 bits per heavy atom. The van der Waals surface area contributed by atoms with Crippen molar-refractivity contribution in [2.24, 2.45) is 5.92 Å². The smallest absolute Gasteiger partial charge is 0.252 e. The minimum Gasteiger partial charge on any atom is -0.485 e. The summed E-state index contributed by atoms with van der Waals surface area (Å²) in [5, 5.41) is 0. The molecule has 6 heterocycles. The molecule has 6 heteroatoms. The maximum atomic E-state index is 12.1. The van der Waals surface area contributed by atoms with Crippen LogP contribution in [0, 0.1) is 5.92 Å². The number of piperidine rings is 3. The van der Waals surface area contributed by atoms with Crippen molar-refractivity contribution < 1.29 is 14.3 Å². The third-order valence-electron chi connectivity index (χ3n) is 6.40. The van der Waals surface area contributed by atoms with E-state index in [2.05, 4.69) is 35.2 Å². The molecule has 25 heavy (non-hydrogen) atoms. The second-order valence-corrected chi connectivity index (χ2v) is 7.61. The maximum Gasteiger partial charge on any atom is 0.252 e. The summed E-state index contributed by atoms with van der Waals surface area (Å²) < 4.78 is 11.2. The molecule has 0 aliphatic carbocycles. The van der Waals surface area contributed by atoms with E-state index in [1.165, 1.54) is 25.9 Å². The lowest BCUT2D eigenvalue weighted by atomic mass is 9.78. The molecular weight excluding hydrogens is 318 g/mol. The SMILES string of the molecule is C[C@H]1[C@H](N2C=CC3=C(N4CCOCC4=O)COC3=C2)C2CCN1CC2. The third-order valence-corrected chi connectivity index (χ3v) is 6.40. The number of fused-ring (bicyclic) bond motifs is 4. The van der Waals surface area contributed by atoms with Gasteiger partial charge in [0, 0.05) is 30.6 Å². The molecule has 6 aliphatic rings. The monoisotopic (exact) mass is 343 g/mol. The molecule has 0 saturated carbocycles. The molecule has 0 spiro atoms. The summed E-state index contributed by atoms with van der Waals surface area (Å²) in [6.45, 7) is 6.67. The summed E-state index contributed by atoms with van der Waals surface area (Å²) >= 11 is 0. The summed E-state index contributed by atoms with van der Waals surface area (Å²) in [4.78, 5) is 18.9. The van der Waals surface area contributed by atoms with Crippen LogP contribution in [0.5, 0.6) is 0 Å². The van der Waals surface area contributed by atoms with E-state index >= 15 is 0 Å². The Morgan fingerprint density at radius 3 is 2.76 bits per heavy atom. The van der Waals surface area contributed by atoms with Crippen molar-refractivity contribution >= 4 is 5.91 Å². The van der Waals surface area contributed by atoms with Crippen molar-refractivity contribution in [1.29, 1.82) is 0 Å². The van der Waals surface area contributed by atoms with Crippen LogP contribution in [0.15, 0.2) is 35.5 Å². The fourth-order valence-electron chi connectivity index (χ4n) is 5.05. The van der Waals surface area contributed by atoms with Crippen LogP contribution in [0.3, 0.4) is 0 Å². The topological polar surface area (TPSA) is 45.3 Å². The first kappa shape index (κ1) is 15.5. The van der Waals surface area contributed by atoms with Crippen molar-refractivity contribution in [2.75, 3.05) is 39.5 Å². The molecule has 1 amide bonds. The Balaban J connectivity index is 1.41. The Bertz CT molecular complexity index is 673. The zero-order valence-corrected chi connectivity index (χ0v) is 14.7. The highest BCUT2D eigenvalue weighted by Crippen LogP contribution is 2.39. The normalized spacial score (nSPS) is 37.3. The molecule has 4 saturated heterocycles. The molecule has 0 N–H and O–H groups in total. The van der Waals surface area contributed by atoms with Gasteiger partial charge in [-0.2, -0.15) is 0 Å². The first-order valence-corrected chi connectivity index (χ1v) is 9.38. The number of carbonyl (C=O) groups is 1. The first-order valence-electron chi connectivity index (χ1n) is 9.38. The molecule has 4 fully saturated rings. The summed E-state index contributed by atoms with van der Waals surface area (Å²) in [5.74, 6) is 1.69. The van der Waals surface area contributed by atoms with E-state index in [1.807, 2.05) is 4.90 Å². The van der Waals surface area contributed by atoms with Crippen LogP contribution in [-0.2, 0) is 14.3 Å². The van der Waals surface area contributed by atoms with Crippen molar-refractivity contribution in [2.45, 2.75) is 31.8 Å². The summed E-state index contributed by atoms with van der Waals surface area (Å²) in [7, 11) is 0. The lowest BCUT2D eigenvalue weighted by molar-refractivity contribution is -0.140. The van der Waals surface area contributed by atoms with Gasteiger partial charge in [-0.05, 0) is 44.8 Å². The van der Waals surface area contributed by atoms with E-state index in [9.17, 15) is 4.79 Å². The van der Waals surface area contributed by atoms with Gasteiger partial charge in [-0.15, -0.1) is 0 Å². The predicted molar refractivity (Wildman–Crippen MR) is 92.1 cm³/mol. The first-order chi connectivity index (χ1) is 12.2. The van der Waals surface area contributed by atoms with Crippen molar-refractivity contribution in [3.05, 3.63) is 35.5 Å². The Morgan fingerprint density at radius 1 is 1.16 bits per heavy atom. The Labute approximate surface area is 148 Å². The number of ether oxygens (including phenoxy) is 2. The second kappa shape index (κ2) is 5.88. The number of amides is 1. The molecule has 6 aliphatic heterocycles. The highest BCUT2D eigenvalue weighted by molar-refractivity contribution is 5.80. The van der Waals surface area contributed by atoms with Gasteiger partial charge < -0.3 is 19.3 Å². The fraction of sp³-hybridized carbons (Fsp3) is 0.632. The van der Waals surface area contributed by atoms with Crippen molar-refractivity contribution in [3.63, 3.8) is 0 Å². The van der Waals surface area contributed by atoms with E-state index in [-0.39, 0.29) is 12.5 Å². The molecule has 0 aromatic carbocycles. The van der Waals surface area contributed by atoms with E-state index in [1.54, 1.807) is 0 Å². The van der Waals surface area contributed by atoms with E-state index < -0.39 is 0 Å². The average molecular weight is 343 g/mol. The van der Waals surface area contributed by atoms with Crippen LogP contribution < -0.4 is 0 Å². The van der Waals surface area contributed by atoms with Crippen molar-refractivity contribution in [3.8, 4) is 0 Å². The lowest BCUT2D eigenvalue weighted by Crippen LogP contribution is -2.60. The number of hydrogen-bond acceptors (Lipinski definition) is 5. The van der Waals surface area contributed by atoms with Gasteiger partial charge in [0.15, 0.2) is 0 Å². The van der Waals surface area contributed by atoms with Crippen molar-refractivity contribution in [1.82, 2.24) is 14.7 Å². The van der Waals surface area contributed by atoms with E-state index in [4.69, 9.17) is 9.47 Å². The van der Waals surface area contributed by atoms with Crippen LogP contribution in [0.1, 0.15) is 19.8 Å². The molecule has 0 aromatic rings. The number of morpholine rings is 1. The molecule has 0 unspecified atom stereocenters. The zero-order chi connectivity index (χ0) is 17.0.